The number of nitrogens with one attached hydrogen (secondary N) is 2. The number of anilines is 1. The van der Waals surface area contributed by atoms with Gasteiger partial charge in [0.25, 0.3) is 0 Å². The normalized spacial score (nSPS) is 16.3. The summed E-state index contributed by atoms with van der Waals surface area (Å²) in [6, 6.07) is 18.2. The molecule has 298 valence electrons. The molecule has 3 heterocycles. The molecule has 2 saturated heterocycles. The van der Waals surface area contributed by atoms with Gasteiger partial charge in [-0.15, -0.1) is 0 Å². The summed E-state index contributed by atoms with van der Waals surface area (Å²) in [5.41, 5.74) is 4.85. The summed E-state index contributed by atoms with van der Waals surface area (Å²) in [6.45, 7) is 9.48. The maximum atomic E-state index is 13.0. The Morgan fingerprint density at radius 1 is 0.909 bits per heavy atom. The van der Waals surface area contributed by atoms with Gasteiger partial charge in [0, 0.05) is 63.0 Å². The number of aryl methyl sites for hydroxylation is 2. The highest BCUT2D eigenvalue weighted by Crippen LogP contribution is 2.29. The van der Waals surface area contributed by atoms with E-state index < -0.39 is 0 Å². The van der Waals surface area contributed by atoms with Crippen LogP contribution >= 0.6 is 11.6 Å². The second kappa shape index (κ2) is 22.5. The number of nitrogens with zero attached hydrogens (tertiary/aromatic N) is 4. The number of benzene rings is 2. The summed E-state index contributed by atoms with van der Waals surface area (Å²) in [4.78, 5) is 48.4. The minimum Gasteiger partial charge on any atom is -0.474 e. The van der Waals surface area contributed by atoms with Crippen LogP contribution in [-0.2, 0) is 36.7 Å². The quantitative estimate of drug-likeness (QED) is 0.145. The number of rotatable bonds is 21. The van der Waals surface area contributed by atoms with Crippen molar-refractivity contribution in [3.05, 3.63) is 76.9 Å². The Labute approximate surface area is 330 Å². The summed E-state index contributed by atoms with van der Waals surface area (Å²) in [7, 11) is 1.82. The van der Waals surface area contributed by atoms with E-state index in [1.54, 1.807) is 11.1 Å². The molecule has 0 spiro atoms. The van der Waals surface area contributed by atoms with Crippen LogP contribution in [-0.4, -0.2) is 130 Å². The minimum absolute atomic E-state index is 0.104. The molecule has 1 atom stereocenters. The van der Waals surface area contributed by atoms with Crippen molar-refractivity contribution in [2.75, 3.05) is 97.8 Å². The second-order valence-electron chi connectivity index (χ2n) is 14.3. The lowest BCUT2D eigenvalue weighted by Gasteiger charge is -2.34. The van der Waals surface area contributed by atoms with Crippen molar-refractivity contribution < 1.29 is 28.6 Å². The fourth-order valence-electron chi connectivity index (χ4n) is 6.77. The van der Waals surface area contributed by atoms with E-state index in [1.165, 1.54) is 11.1 Å². The first-order valence-corrected chi connectivity index (χ1v) is 20.0. The zero-order valence-corrected chi connectivity index (χ0v) is 33.2. The van der Waals surface area contributed by atoms with Gasteiger partial charge in [-0.3, -0.25) is 19.3 Å². The number of carbonyl (C=O) groups excluding carboxylic acids is 3. The summed E-state index contributed by atoms with van der Waals surface area (Å²) in [5.74, 6) is 0.566. The zero-order valence-electron chi connectivity index (χ0n) is 32.4. The molecule has 2 aliphatic rings. The Bertz CT molecular complexity index is 1670. The molecule has 1 aromatic heterocycles. The van der Waals surface area contributed by atoms with E-state index in [-0.39, 0.29) is 36.8 Å². The molecule has 13 heteroatoms. The van der Waals surface area contributed by atoms with E-state index in [4.69, 9.17) is 25.8 Å². The topological polar surface area (TPSA) is 126 Å². The van der Waals surface area contributed by atoms with Gasteiger partial charge in [0.2, 0.25) is 23.6 Å². The number of hydrogen-bond donors (Lipinski definition) is 2. The van der Waals surface area contributed by atoms with E-state index in [9.17, 15) is 14.4 Å². The molecule has 2 aromatic carbocycles. The largest absolute Gasteiger partial charge is 0.474 e. The van der Waals surface area contributed by atoms with Gasteiger partial charge in [0.05, 0.1) is 39.4 Å². The van der Waals surface area contributed by atoms with Crippen LogP contribution < -0.4 is 15.4 Å². The van der Waals surface area contributed by atoms with Crippen LogP contribution in [0.5, 0.6) is 5.88 Å². The number of carbonyl (C=O) groups is 3. The van der Waals surface area contributed by atoms with Crippen molar-refractivity contribution in [1.29, 1.82) is 0 Å². The summed E-state index contributed by atoms with van der Waals surface area (Å²) < 4.78 is 17.4. The molecule has 5 rings (SSSR count). The predicted molar refractivity (Wildman–Crippen MR) is 215 cm³/mol. The molecule has 0 aliphatic carbocycles. The lowest BCUT2D eigenvalue weighted by molar-refractivity contribution is -0.134. The van der Waals surface area contributed by atoms with Crippen LogP contribution in [0.3, 0.4) is 0 Å². The molecule has 2 aliphatic heterocycles. The molecule has 3 aromatic rings. The van der Waals surface area contributed by atoms with Crippen molar-refractivity contribution >= 4 is 35.0 Å². The third kappa shape index (κ3) is 14.2. The molecule has 12 nitrogen and oxygen atoms in total. The number of amides is 3. The van der Waals surface area contributed by atoms with Gasteiger partial charge in [-0.1, -0.05) is 54.9 Å². The Balaban J connectivity index is 0.970. The van der Waals surface area contributed by atoms with Gasteiger partial charge >= 0.3 is 0 Å². The Hall–Kier alpha value is -4.07. The number of piperidine rings is 1. The highest BCUT2D eigenvalue weighted by molar-refractivity contribution is 6.30. The smallest absolute Gasteiger partial charge is 0.238 e. The van der Waals surface area contributed by atoms with Gasteiger partial charge in [-0.05, 0) is 79.6 Å². The van der Waals surface area contributed by atoms with Gasteiger partial charge in [0.15, 0.2) is 0 Å². The molecular weight excluding hydrogens is 720 g/mol. The molecule has 2 N–H and O–H groups in total. The number of hydrogen-bond acceptors (Lipinski definition) is 9. The van der Waals surface area contributed by atoms with Crippen molar-refractivity contribution in [1.82, 2.24) is 25.0 Å². The maximum Gasteiger partial charge on any atom is 0.238 e. The van der Waals surface area contributed by atoms with Crippen molar-refractivity contribution in [3.63, 3.8) is 0 Å². The van der Waals surface area contributed by atoms with Crippen LogP contribution in [0.2, 0.25) is 5.02 Å². The van der Waals surface area contributed by atoms with Gasteiger partial charge in [-0.2, -0.15) is 0 Å². The first kappa shape index (κ1) is 42.1. The van der Waals surface area contributed by atoms with Gasteiger partial charge in [0.1, 0.15) is 12.3 Å². The average molecular weight is 777 g/mol. The summed E-state index contributed by atoms with van der Waals surface area (Å²) in [6.07, 6.45) is 6.52. The van der Waals surface area contributed by atoms with Crippen LogP contribution in [0.4, 0.5) is 5.69 Å². The highest BCUT2D eigenvalue weighted by atomic mass is 35.5. The standard InChI is InChI=1S/C42H57ClN6O6/c1-3-32-6-4-8-35(26-32)36-28-38(46-39(50)31-44-29-34-13-16-47(2)41(52)27-34)42(45-30-36)55-25-24-54-23-22-53-21-14-40(51)49-19-17-48(18-20-49)15-5-7-33-9-11-37(43)12-10-33/h4,6,8-12,26,28,30,34,44H,3,5,7,13-25,27,29,31H2,1-2H3,(H,46,50). The Morgan fingerprint density at radius 2 is 1.67 bits per heavy atom. The number of likely N-dealkylation sites (tertiary alicyclic amines) is 1. The van der Waals surface area contributed by atoms with E-state index in [1.807, 2.05) is 42.3 Å². The summed E-state index contributed by atoms with van der Waals surface area (Å²) in [5, 5.41) is 6.94. The fourth-order valence-corrected chi connectivity index (χ4v) is 6.89. The zero-order chi connectivity index (χ0) is 38.8. The van der Waals surface area contributed by atoms with Crippen LogP contribution in [0, 0.1) is 5.92 Å². The van der Waals surface area contributed by atoms with Gasteiger partial charge < -0.3 is 34.6 Å². The van der Waals surface area contributed by atoms with E-state index in [0.29, 0.717) is 57.4 Å². The predicted octanol–water partition coefficient (Wildman–Crippen LogP) is 4.94. The van der Waals surface area contributed by atoms with E-state index >= 15 is 0 Å². The van der Waals surface area contributed by atoms with Crippen molar-refractivity contribution in [3.8, 4) is 17.0 Å². The summed E-state index contributed by atoms with van der Waals surface area (Å²) >= 11 is 5.98. The molecular formula is C42H57ClN6O6. The number of piperazine rings is 1. The molecule has 0 bridgehead atoms. The fraction of sp³-hybridized carbons (Fsp3) is 0.524. The number of ether oxygens (including phenoxy) is 3. The lowest BCUT2D eigenvalue weighted by Crippen LogP contribution is -2.49. The van der Waals surface area contributed by atoms with E-state index in [2.05, 4.69) is 51.7 Å². The molecule has 1 unspecified atom stereocenters. The monoisotopic (exact) mass is 776 g/mol. The van der Waals surface area contributed by atoms with Crippen LogP contribution in [0.1, 0.15) is 43.7 Å². The number of aromatic nitrogens is 1. The molecule has 0 radical (unpaired) electrons. The first-order valence-electron chi connectivity index (χ1n) is 19.6. The van der Waals surface area contributed by atoms with Gasteiger partial charge in [-0.25, -0.2) is 4.98 Å². The molecule has 3 amide bonds. The Kier molecular flexibility index (Phi) is 17.2. The lowest BCUT2D eigenvalue weighted by atomic mass is 9.96. The van der Waals surface area contributed by atoms with Crippen LogP contribution in [0.15, 0.2) is 60.8 Å². The third-order valence-electron chi connectivity index (χ3n) is 10.2. The molecule has 55 heavy (non-hydrogen) atoms. The van der Waals surface area contributed by atoms with Crippen molar-refractivity contribution in [2.45, 2.75) is 45.4 Å². The van der Waals surface area contributed by atoms with Crippen molar-refractivity contribution in [2.24, 2.45) is 5.92 Å². The first-order chi connectivity index (χ1) is 26.8. The average Bonchev–Trinajstić information content (AvgIpc) is 3.20. The van der Waals surface area contributed by atoms with E-state index in [0.717, 1.165) is 81.1 Å². The molecule has 0 saturated carbocycles. The highest BCUT2D eigenvalue weighted by Gasteiger charge is 2.23. The second-order valence-corrected chi connectivity index (χ2v) is 14.7. The number of halogens is 1. The Morgan fingerprint density at radius 3 is 2.44 bits per heavy atom. The maximum absolute atomic E-state index is 13.0. The third-order valence-corrected chi connectivity index (χ3v) is 10.4. The van der Waals surface area contributed by atoms with Crippen LogP contribution in [0.25, 0.3) is 11.1 Å². The SMILES string of the molecule is CCc1cccc(-c2cnc(OCCOCCOCCC(=O)N3CCN(CCCc4ccc(Cl)cc4)CC3)c(NC(=O)CNCC3CCN(C)C(=O)C3)c2)c1. The molecule has 2 fully saturated rings. The number of pyridine rings is 1. The minimum atomic E-state index is -0.222.